The zero-order chi connectivity index (χ0) is 14.8. The van der Waals surface area contributed by atoms with E-state index < -0.39 is 0 Å². The van der Waals surface area contributed by atoms with E-state index in [4.69, 9.17) is 5.73 Å². The number of aromatic nitrogens is 1. The van der Waals surface area contributed by atoms with Crippen molar-refractivity contribution in [3.63, 3.8) is 0 Å². The van der Waals surface area contributed by atoms with E-state index in [1.54, 1.807) is 11.3 Å². The third kappa shape index (κ3) is 3.31. The van der Waals surface area contributed by atoms with Crippen LogP contribution in [0.25, 0.3) is 10.8 Å². The molecule has 2 nitrogen and oxygen atoms in total. The van der Waals surface area contributed by atoms with Gasteiger partial charge in [-0.2, -0.15) is 0 Å². The van der Waals surface area contributed by atoms with Gasteiger partial charge in [0.05, 0.1) is 10.7 Å². The first kappa shape index (κ1) is 14.2. The first-order chi connectivity index (χ1) is 10.1. The van der Waals surface area contributed by atoms with Gasteiger partial charge in [-0.15, -0.1) is 11.3 Å². The largest absolute Gasteiger partial charge is 0.327 e. The summed E-state index contributed by atoms with van der Waals surface area (Å²) in [4.78, 5) is 5.87. The van der Waals surface area contributed by atoms with Crippen molar-refractivity contribution in [2.45, 2.75) is 32.7 Å². The summed E-state index contributed by atoms with van der Waals surface area (Å²) in [7, 11) is 0. The molecule has 0 spiro atoms. The summed E-state index contributed by atoms with van der Waals surface area (Å²) in [5.74, 6) is 0. The highest BCUT2D eigenvalue weighted by atomic mass is 32.1. The number of fused-ring (bicyclic) bond motifs is 1. The van der Waals surface area contributed by atoms with Crippen molar-refractivity contribution in [1.82, 2.24) is 4.98 Å². The minimum Gasteiger partial charge on any atom is -0.327 e. The molecule has 0 fully saturated rings. The van der Waals surface area contributed by atoms with Gasteiger partial charge in [0, 0.05) is 17.3 Å². The Bertz CT molecular complexity index is 741. The first-order valence-corrected chi connectivity index (χ1v) is 8.09. The number of aryl methyl sites for hydroxylation is 2. The lowest BCUT2D eigenvalue weighted by Crippen LogP contribution is -2.25. The van der Waals surface area contributed by atoms with Crippen molar-refractivity contribution < 1.29 is 0 Å². The van der Waals surface area contributed by atoms with Gasteiger partial charge < -0.3 is 5.73 Å². The lowest BCUT2D eigenvalue weighted by molar-refractivity contribution is 0.662. The van der Waals surface area contributed by atoms with Gasteiger partial charge in [-0.25, -0.2) is 4.98 Å². The van der Waals surface area contributed by atoms with Crippen LogP contribution in [0.3, 0.4) is 0 Å². The maximum Gasteiger partial charge on any atom is 0.0946 e. The minimum absolute atomic E-state index is 0.121. The van der Waals surface area contributed by atoms with Crippen molar-refractivity contribution in [2.75, 3.05) is 0 Å². The Morgan fingerprint density at radius 3 is 2.52 bits per heavy atom. The SMILES string of the molecule is Cc1nc(CC(N)Cc2ccc3ccccc3c2)sc1C. The molecule has 0 saturated carbocycles. The van der Waals surface area contributed by atoms with E-state index >= 15 is 0 Å². The van der Waals surface area contributed by atoms with Crippen molar-refractivity contribution in [1.29, 1.82) is 0 Å². The van der Waals surface area contributed by atoms with Gasteiger partial charge in [-0.1, -0.05) is 42.5 Å². The van der Waals surface area contributed by atoms with E-state index in [9.17, 15) is 0 Å². The van der Waals surface area contributed by atoms with Crippen LogP contribution in [0, 0.1) is 13.8 Å². The molecule has 0 aliphatic heterocycles. The highest BCUT2D eigenvalue weighted by Gasteiger charge is 2.10. The molecule has 0 bridgehead atoms. The van der Waals surface area contributed by atoms with Gasteiger partial charge in [0.25, 0.3) is 0 Å². The number of benzene rings is 2. The van der Waals surface area contributed by atoms with Gasteiger partial charge in [0.2, 0.25) is 0 Å². The van der Waals surface area contributed by atoms with E-state index in [0.717, 1.165) is 23.5 Å². The maximum atomic E-state index is 6.31. The van der Waals surface area contributed by atoms with Crippen LogP contribution < -0.4 is 5.73 Å². The highest BCUT2D eigenvalue weighted by molar-refractivity contribution is 7.11. The van der Waals surface area contributed by atoms with Gasteiger partial charge >= 0.3 is 0 Å². The number of nitrogens with two attached hydrogens (primary N) is 1. The molecule has 1 atom stereocenters. The van der Waals surface area contributed by atoms with Crippen molar-refractivity contribution in [2.24, 2.45) is 5.73 Å². The molecule has 0 amide bonds. The number of thiazole rings is 1. The Morgan fingerprint density at radius 2 is 1.81 bits per heavy atom. The first-order valence-electron chi connectivity index (χ1n) is 7.28. The number of nitrogens with zero attached hydrogens (tertiary/aromatic N) is 1. The molecule has 1 aromatic heterocycles. The number of rotatable bonds is 4. The Hall–Kier alpha value is -1.71. The predicted octanol–water partition coefficient (Wildman–Crippen LogP) is 4.03. The second-order valence-corrected chi connectivity index (χ2v) is 6.89. The van der Waals surface area contributed by atoms with Gasteiger partial charge in [-0.05, 0) is 36.6 Å². The van der Waals surface area contributed by atoms with Gasteiger partial charge in [0.15, 0.2) is 0 Å². The molecule has 2 N–H and O–H groups in total. The van der Waals surface area contributed by atoms with Gasteiger partial charge in [-0.3, -0.25) is 0 Å². The topological polar surface area (TPSA) is 38.9 Å². The van der Waals surface area contributed by atoms with Crippen molar-refractivity contribution >= 4 is 22.1 Å². The van der Waals surface area contributed by atoms with Crippen LogP contribution in [0.15, 0.2) is 42.5 Å². The summed E-state index contributed by atoms with van der Waals surface area (Å²) in [6, 6.07) is 15.2. The average molecular weight is 296 g/mol. The molecule has 0 aliphatic carbocycles. The third-order valence-corrected chi connectivity index (χ3v) is 4.92. The molecule has 2 aromatic carbocycles. The van der Waals surface area contributed by atoms with Crippen LogP contribution in [0.4, 0.5) is 0 Å². The molecule has 1 heterocycles. The highest BCUT2D eigenvalue weighted by Crippen LogP contribution is 2.20. The summed E-state index contributed by atoms with van der Waals surface area (Å²) in [6.07, 6.45) is 1.74. The number of hydrogen-bond donors (Lipinski definition) is 1. The fourth-order valence-corrected chi connectivity index (χ4v) is 3.62. The summed E-state index contributed by atoms with van der Waals surface area (Å²) >= 11 is 1.76. The molecule has 3 heteroatoms. The molecule has 3 aromatic rings. The second kappa shape index (κ2) is 5.96. The third-order valence-electron chi connectivity index (χ3n) is 3.82. The van der Waals surface area contributed by atoms with E-state index in [1.807, 2.05) is 0 Å². The second-order valence-electron chi connectivity index (χ2n) is 5.60. The zero-order valence-corrected chi connectivity index (χ0v) is 13.3. The van der Waals surface area contributed by atoms with Crippen molar-refractivity contribution in [3.05, 3.63) is 63.6 Å². The Balaban J connectivity index is 1.72. The Labute approximate surface area is 129 Å². The minimum atomic E-state index is 0.121. The average Bonchev–Trinajstić information content (AvgIpc) is 2.77. The van der Waals surface area contributed by atoms with Crippen LogP contribution in [0.5, 0.6) is 0 Å². The van der Waals surface area contributed by atoms with Crippen LogP contribution in [-0.4, -0.2) is 11.0 Å². The summed E-state index contributed by atoms with van der Waals surface area (Å²) in [5, 5.41) is 3.71. The molecule has 108 valence electrons. The fourth-order valence-electron chi connectivity index (χ4n) is 2.59. The normalized spacial score (nSPS) is 12.7. The summed E-state index contributed by atoms with van der Waals surface area (Å²) in [5.41, 5.74) is 8.74. The maximum absolute atomic E-state index is 6.31. The van der Waals surface area contributed by atoms with Crippen LogP contribution in [0.2, 0.25) is 0 Å². The monoisotopic (exact) mass is 296 g/mol. The van der Waals surface area contributed by atoms with Crippen LogP contribution >= 0.6 is 11.3 Å². The molecule has 0 radical (unpaired) electrons. The Kier molecular flexibility index (Phi) is 4.04. The van der Waals surface area contributed by atoms with Crippen LogP contribution in [0.1, 0.15) is 21.1 Å². The molecule has 21 heavy (non-hydrogen) atoms. The zero-order valence-electron chi connectivity index (χ0n) is 12.5. The van der Waals surface area contributed by atoms with E-state index in [-0.39, 0.29) is 6.04 Å². The molecule has 3 rings (SSSR count). The lowest BCUT2D eigenvalue weighted by Gasteiger charge is -2.10. The lowest BCUT2D eigenvalue weighted by atomic mass is 10.0. The van der Waals surface area contributed by atoms with E-state index in [1.165, 1.54) is 21.2 Å². The standard InChI is InChI=1S/C18H20N2S/c1-12-13(2)21-18(20-12)11-17(19)10-14-7-8-15-5-3-4-6-16(15)9-14/h3-9,17H,10-11,19H2,1-2H3. The summed E-state index contributed by atoms with van der Waals surface area (Å²) < 4.78 is 0. The molecular formula is C18H20N2S. The smallest absolute Gasteiger partial charge is 0.0946 e. The molecule has 0 saturated heterocycles. The number of hydrogen-bond acceptors (Lipinski definition) is 3. The molecule has 1 unspecified atom stereocenters. The predicted molar refractivity (Wildman–Crippen MR) is 90.9 cm³/mol. The van der Waals surface area contributed by atoms with E-state index in [2.05, 4.69) is 61.3 Å². The summed E-state index contributed by atoms with van der Waals surface area (Å²) in [6.45, 7) is 4.18. The van der Waals surface area contributed by atoms with Crippen LogP contribution in [-0.2, 0) is 12.8 Å². The van der Waals surface area contributed by atoms with Crippen molar-refractivity contribution in [3.8, 4) is 0 Å². The van der Waals surface area contributed by atoms with Gasteiger partial charge in [0.1, 0.15) is 0 Å². The molecular weight excluding hydrogens is 276 g/mol. The Morgan fingerprint density at radius 1 is 1.05 bits per heavy atom. The van der Waals surface area contributed by atoms with E-state index in [0.29, 0.717) is 0 Å². The fraction of sp³-hybridized carbons (Fsp3) is 0.278. The quantitative estimate of drug-likeness (QED) is 0.789. The molecule has 0 aliphatic rings.